The number of nitrogens with zero attached hydrogens (tertiary/aromatic N) is 2. The number of amides is 1. The van der Waals surface area contributed by atoms with Crippen LogP contribution in [0.4, 0.5) is 0 Å². The Labute approximate surface area is 105 Å². The molecule has 1 aliphatic rings. The summed E-state index contributed by atoms with van der Waals surface area (Å²) in [5.41, 5.74) is -0.192. The van der Waals surface area contributed by atoms with Gasteiger partial charge in [-0.15, -0.1) is 0 Å². The van der Waals surface area contributed by atoms with Crippen molar-refractivity contribution in [2.24, 2.45) is 0 Å². The van der Waals surface area contributed by atoms with Crippen LogP contribution in [0.5, 0.6) is 0 Å². The first-order valence-corrected chi connectivity index (χ1v) is 6.89. The molecule has 1 unspecified atom stereocenters. The third-order valence-electron chi connectivity index (χ3n) is 2.88. The van der Waals surface area contributed by atoms with Gasteiger partial charge in [0.1, 0.15) is 0 Å². The molecule has 1 fully saturated rings. The van der Waals surface area contributed by atoms with Crippen LogP contribution >= 0.6 is 11.8 Å². The van der Waals surface area contributed by atoms with E-state index in [0.717, 1.165) is 18.7 Å². The quantitative estimate of drug-likeness (QED) is 0.822. The zero-order valence-corrected chi connectivity index (χ0v) is 10.7. The van der Waals surface area contributed by atoms with Gasteiger partial charge in [0.05, 0.1) is 17.4 Å². The number of aromatic nitrogens is 2. The SMILES string of the molecule is CCn1cc(C(=O)NCC2(O)CCSC2)cn1. The smallest absolute Gasteiger partial charge is 0.254 e. The molecular formula is C11H17N3O2S. The highest BCUT2D eigenvalue weighted by molar-refractivity contribution is 7.99. The molecule has 0 saturated carbocycles. The number of hydrogen-bond donors (Lipinski definition) is 2. The van der Waals surface area contributed by atoms with E-state index in [1.807, 2.05) is 6.92 Å². The van der Waals surface area contributed by atoms with E-state index in [1.54, 1.807) is 28.8 Å². The molecule has 0 aliphatic carbocycles. The Hall–Kier alpha value is -1.01. The summed E-state index contributed by atoms with van der Waals surface area (Å²) in [7, 11) is 0. The maximum atomic E-state index is 11.8. The molecule has 2 heterocycles. The third-order valence-corrected chi connectivity index (χ3v) is 4.11. The van der Waals surface area contributed by atoms with Crippen LogP contribution in [0.1, 0.15) is 23.7 Å². The molecule has 1 aromatic heterocycles. The summed E-state index contributed by atoms with van der Waals surface area (Å²) in [4.78, 5) is 11.8. The van der Waals surface area contributed by atoms with Gasteiger partial charge in [0.15, 0.2) is 0 Å². The lowest BCUT2D eigenvalue weighted by molar-refractivity contribution is 0.0612. The average molecular weight is 255 g/mol. The van der Waals surface area contributed by atoms with Gasteiger partial charge in [0, 0.05) is 25.0 Å². The van der Waals surface area contributed by atoms with Crippen LogP contribution < -0.4 is 5.32 Å². The molecule has 1 aromatic rings. The summed E-state index contributed by atoms with van der Waals surface area (Å²) in [5.74, 6) is 1.48. The van der Waals surface area contributed by atoms with E-state index in [2.05, 4.69) is 10.4 Å². The van der Waals surface area contributed by atoms with Crippen molar-refractivity contribution in [1.29, 1.82) is 0 Å². The summed E-state index contributed by atoms with van der Waals surface area (Å²) in [6.45, 7) is 3.02. The first kappa shape index (κ1) is 12.4. The number of aliphatic hydroxyl groups is 1. The predicted molar refractivity (Wildman–Crippen MR) is 67.1 cm³/mol. The van der Waals surface area contributed by atoms with Crippen molar-refractivity contribution in [3.63, 3.8) is 0 Å². The van der Waals surface area contributed by atoms with Crippen molar-refractivity contribution >= 4 is 17.7 Å². The van der Waals surface area contributed by atoms with Gasteiger partial charge in [-0.1, -0.05) is 0 Å². The number of hydrogen-bond acceptors (Lipinski definition) is 4. The Morgan fingerprint density at radius 3 is 3.18 bits per heavy atom. The molecule has 0 aromatic carbocycles. The van der Waals surface area contributed by atoms with E-state index >= 15 is 0 Å². The average Bonchev–Trinajstić information content (AvgIpc) is 2.95. The fourth-order valence-electron chi connectivity index (χ4n) is 1.74. The van der Waals surface area contributed by atoms with Crippen molar-refractivity contribution in [2.45, 2.75) is 25.5 Å². The third kappa shape index (κ3) is 3.01. The number of aryl methyl sites for hydroxylation is 1. The van der Waals surface area contributed by atoms with Crippen molar-refractivity contribution in [3.8, 4) is 0 Å². The molecule has 17 heavy (non-hydrogen) atoms. The molecule has 2 N–H and O–H groups in total. The maximum Gasteiger partial charge on any atom is 0.254 e. The molecule has 2 rings (SSSR count). The zero-order chi connectivity index (χ0) is 12.3. The van der Waals surface area contributed by atoms with Gasteiger partial charge in [0.25, 0.3) is 5.91 Å². The van der Waals surface area contributed by atoms with Gasteiger partial charge in [-0.05, 0) is 19.1 Å². The molecule has 5 nitrogen and oxygen atoms in total. The van der Waals surface area contributed by atoms with Crippen LogP contribution in [0.15, 0.2) is 12.4 Å². The van der Waals surface area contributed by atoms with Crippen LogP contribution in [0, 0.1) is 0 Å². The Morgan fingerprint density at radius 1 is 1.76 bits per heavy atom. The minimum absolute atomic E-state index is 0.171. The van der Waals surface area contributed by atoms with Gasteiger partial charge in [-0.25, -0.2) is 0 Å². The Bertz CT molecular complexity index is 399. The van der Waals surface area contributed by atoms with E-state index < -0.39 is 5.60 Å². The fraction of sp³-hybridized carbons (Fsp3) is 0.636. The largest absolute Gasteiger partial charge is 0.387 e. The molecule has 1 amide bonds. The first-order valence-electron chi connectivity index (χ1n) is 5.74. The van der Waals surface area contributed by atoms with Crippen molar-refractivity contribution in [1.82, 2.24) is 15.1 Å². The summed E-state index contributed by atoms with van der Waals surface area (Å²) in [5, 5.41) is 16.9. The van der Waals surface area contributed by atoms with Crippen LogP contribution in [0.3, 0.4) is 0 Å². The molecule has 1 aliphatic heterocycles. The molecular weight excluding hydrogens is 238 g/mol. The molecule has 1 atom stereocenters. The maximum absolute atomic E-state index is 11.8. The van der Waals surface area contributed by atoms with Gasteiger partial charge < -0.3 is 10.4 Å². The van der Waals surface area contributed by atoms with Crippen molar-refractivity contribution in [2.75, 3.05) is 18.1 Å². The second kappa shape index (κ2) is 5.10. The summed E-state index contributed by atoms with van der Waals surface area (Å²) in [6, 6.07) is 0. The van der Waals surface area contributed by atoms with E-state index in [9.17, 15) is 9.90 Å². The summed E-state index contributed by atoms with van der Waals surface area (Å²) >= 11 is 1.72. The van der Waals surface area contributed by atoms with Crippen LogP contribution in [-0.2, 0) is 6.54 Å². The highest BCUT2D eigenvalue weighted by Crippen LogP contribution is 2.26. The normalized spacial score (nSPS) is 23.9. The van der Waals surface area contributed by atoms with Gasteiger partial charge in [-0.2, -0.15) is 16.9 Å². The van der Waals surface area contributed by atoms with E-state index in [1.165, 1.54) is 0 Å². The zero-order valence-electron chi connectivity index (χ0n) is 9.85. The predicted octanol–water partition coefficient (Wildman–Crippen LogP) is 0.501. The molecule has 0 bridgehead atoms. The molecule has 1 saturated heterocycles. The fourth-order valence-corrected chi connectivity index (χ4v) is 3.03. The monoisotopic (exact) mass is 255 g/mol. The number of rotatable bonds is 4. The second-order valence-electron chi connectivity index (χ2n) is 4.29. The minimum Gasteiger partial charge on any atom is -0.387 e. The number of carbonyl (C=O) groups is 1. The van der Waals surface area contributed by atoms with Crippen LogP contribution in [0.25, 0.3) is 0 Å². The number of nitrogens with one attached hydrogen (secondary N) is 1. The van der Waals surface area contributed by atoms with Crippen LogP contribution in [-0.4, -0.2) is 44.4 Å². The first-order chi connectivity index (χ1) is 8.13. The minimum atomic E-state index is -0.735. The van der Waals surface area contributed by atoms with Gasteiger partial charge in [0.2, 0.25) is 0 Å². The number of thioether (sulfide) groups is 1. The topological polar surface area (TPSA) is 67.2 Å². The highest BCUT2D eigenvalue weighted by Gasteiger charge is 2.32. The Balaban J connectivity index is 1.88. The standard InChI is InChI=1S/C11H17N3O2S/c1-2-14-6-9(5-13-14)10(15)12-7-11(16)3-4-17-8-11/h5-6,16H,2-4,7-8H2,1H3,(H,12,15). The molecule has 6 heteroatoms. The van der Waals surface area contributed by atoms with Gasteiger partial charge in [-0.3, -0.25) is 9.48 Å². The lowest BCUT2D eigenvalue weighted by Crippen LogP contribution is -2.42. The number of carbonyl (C=O) groups excluding carboxylic acids is 1. The molecule has 0 radical (unpaired) electrons. The van der Waals surface area contributed by atoms with E-state index in [0.29, 0.717) is 17.9 Å². The molecule has 94 valence electrons. The molecule has 0 spiro atoms. The van der Waals surface area contributed by atoms with E-state index in [-0.39, 0.29) is 5.91 Å². The lowest BCUT2D eigenvalue weighted by Gasteiger charge is -2.21. The van der Waals surface area contributed by atoms with E-state index in [4.69, 9.17) is 0 Å². The van der Waals surface area contributed by atoms with Crippen molar-refractivity contribution in [3.05, 3.63) is 18.0 Å². The second-order valence-corrected chi connectivity index (χ2v) is 5.40. The van der Waals surface area contributed by atoms with Crippen molar-refractivity contribution < 1.29 is 9.90 Å². The van der Waals surface area contributed by atoms with Crippen LogP contribution in [0.2, 0.25) is 0 Å². The lowest BCUT2D eigenvalue weighted by atomic mass is 10.0. The van der Waals surface area contributed by atoms with Gasteiger partial charge >= 0.3 is 0 Å². The Morgan fingerprint density at radius 2 is 2.59 bits per heavy atom. The summed E-state index contributed by atoms with van der Waals surface area (Å²) in [6.07, 6.45) is 4.00. The summed E-state index contributed by atoms with van der Waals surface area (Å²) < 4.78 is 1.70. The Kier molecular flexibility index (Phi) is 3.73. The highest BCUT2D eigenvalue weighted by atomic mass is 32.2.